The molecule has 0 rings (SSSR count). The van der Waals surface area contributed by atoms with Gasteiger partial charge in [-0.2, -0.15) is 0 Å². The first kappa shape index (κ1) is 15.6. The molecule has 0 spiro atoms. The van der Waals surface area contributed by atoms with Gasteiger partial charge in [-0.3, -0.25) is 9.28 Å². The minimum Gasteiger partial charge on any atom is -0.465 e. The van der Waals surface area contributed by atoms with Crippen molar-refractivity contribution < 1.29 is 18.8 Å². The molecular formula is C12H23N2O3+. The number of nitrogens with one attached hydrogen (secondary N) is 1. The highest BCUT2D eigenvalue weighted by Gasteiger charge is 2.31. The zero-order chi connectivity index (χ0) is 13.6. The summed E-state index contributed by atoms with van der Waals surface area (Å²) in [6, 6.07) is 0. The van der Waals surface area contributed by atoms with E-state index >= 15 is 0 Å². The number of amides is 1. The van der Waals surface area contributed by atoms with Gasteiger partial charge in [-0.05, 0) is 6.92 Å². The Labute approximate surface area is 103 Å². The number of likely N-dealkylation sites (N-methyl/N-ethyl adjacent to an activating group) is 1. The summed E-state index contributed by atoms with van der Waals surface area (Å²) in [6.07, 6.45) is 0.585. The Balaban J connectivity index is 4.67. The molecule has 0 aromatic rings. The van der Waals surface area contributed by atoms with Gasteiger partial charge in [0.2, 0.25) is 0 Å². The van der Waals surface area contributed by atoms with Crippen molar-refractivity contribution in [1.29, 1.82) is 0 Å². The number of nitrogens with zero attached hydrogens (tertiary/aromatic N) is 1. The number of esters is 1. The zero-order valence-corrected chi connectivity index (χ0v) is 11.4. The molecule has 0 aliphatic heterocycles. The molecule has 1 N–H and O–H groups in total. The van der Waals surface area contributed by atoms with Crippen LogP contribution < -0.4 is 5.32 Å². The number of hydrogen-bond donors (Lipinski definition) is 1. The monoisotopic (exact) mass is 243 g/mol. The SMILES string of the molecule is C=C(C)C(=O)NC(CC)[N+](C)(C)CC(=O)OC. The fourth-order valence-electron chi connectivity index (χ4n) is 1.55. The van der Waals surface area contributed by atoms with E-state index in [2.05, 4.69) is 16.6 Å². The molecule has 1 amide bonds. The third-order valence-electron chi connectivity index (χ3n) is 2.68. The van der Waals surface area contributed by atoms with E-state index in [1.54, 1.807) is 6.92 Å². The Hall–Kier alpha value is -1.36. The van der Waals surface area contributed by atoms with Crippen LogP contribution in [0.25, 0.3) is 0 Å². The van der Waals surface area contributed by atoms with Crippen molar-refractivity contribution in [3.63, 3.8) is 0 Å². The van der Waals surface area contributed by atoms with Crippen molar-refractivity contribution >= 4 is 11.9 Å². The van der Waals surface area contributed by atoms with Crippen molar-refractivity contribution in [2.45, 2.75) is 26.4 Å². The first-order valence-corrected chi connectivity index (χ1v) is 5.60. The summed E-state index contributed by atoms with van der Waals surface area (Å²) in [4.78, 5) is 22.9. The van der Waals surface area contributed by atoms with Crippen molar-refractivity contribution in [3.05, 3.63) is 12.2 Å². The summed E-state index contributed by atoms with van der Waals surface area (Å²) in [5.41, 5.74) is 0.460. The summed E-state index contributed by atoms with van der Waals surface area (Å²) in [6.45, 7) is 7.42. The number of carbonyl (C=O) groups excluding carboxylic acids is 2. The molecule has 0 fully saturated rings. The molecule has 98 valence electrons. The molecule has 5 heteroatoms. The molecule has 0 saturated carbocycles. The highest BCUT2D eigenvalue weighted by Crippen LogP contribution is 2.09. The maximum absolute atomic E-state index is 11.6. The van der Waals surface area contributed by atoms with Crippen molar-refractivity contribution in [2.24, 2.45) is 0 Å². The van der Waals surface area contributed by atoms with Crippen LogP contribution >= 0.6 is 0 Å². The van der Waals surface area contributed by atoms with Crippen LogP contribution in [0.1, 0.15) is 20.3 Å². The van der Waals surface area contributed by atoms with Gasteiger partial charge in [-0.15, -0.1) is 0 Å². The number of ether oxygens (including phenoxy) is 1. The number of hydrogen-bond acceptors (Lipinski definition) is 3. The van der Waals surface area contributed by atoms with E-state index in [9.17, 15) is 9.59 Å². The summed E-state index contributed by atoms with van der Waals surface area (Å²) >= 11 is 0. The second-order valence-electron chi connectivity index (χ2n) is 4.69. The molecule has 0 heterocycles. The normalized spacial score (nSPS) is 12.8. The lowest BCUT2D eigenvalue weighted by Gasteiger charge is -2.36. The minimum atomic E-state index is -0.293. The van der Waals surface area contributed by atoms with Crippen molar-refractivity contribution in [2.75, 3.05) is 27.7 Å². The van der Waals surface area contributed by atoms with E-state index in [-0.39, 0.29) is 24.6 Å². The first-order chi connectivity index (χ1) is 7.74. The molecule has 17 heavy (non-hydrogen) atoms. The van der Waals surface area contributed by atoms with Crippen LogP contribution in [-0.4, -0.2) is 50.3 Å². The lowest BCUT2D eigenvalue weighted by molar-refractivity contribution is -0.910. The molecule has 0 aliphatic rings. The molecule has 1 atom stereocenters. The average molecular weight is 243 g/mol. The van der Waals surface area contributed by atoms with Gasteiger partial charge in [-0.25, -0.2) is 4.79 Å². The number of carbonyl (C=O) groups is 2. The number of methoxy groups -OCH3 is 1. The Morgan fingerprint density at radius 1 is 1.41 bits per heavy atom. The quantitative estimate of drug-likeness (QED) is 0.323. The third kappa shape index (κ3) is 4.99. The van der Waals surface area contributed by atoms with Crippen LogP contribution in [0.4, 0.5) is 0 Å². The molecule has 0 bridgehead atoms. The standard InChI is InChI=1S/C12H22N2O3/c1-7-10(13-12(16)9(2)3)14(4,5)8-11(15)17-6/h10H,2,7-8H2,1,3-6H3/p+1. The van der Waals surface area contributed by atoms with Gasteiger partial charge in [0.05, 0.1) is 21.2 Å². The van der Waals surface area contributed by atoms with Gasteiger partial charge in [-0.1, -0.05) is 13.5 Å². The lowest BCUT2D eigenvalue weighted by Crippen LogP contribution is -2.59. The Bertz CT molecular complexity index is 311. The summed E-state index contributed by atoms with van der Waals surface area (Å²) < 4.78 is 5.00. The molecule has 0 aromatic heterocycles. The first-order valence-electron chi connectivity index (χ1n) is 5.60. The average Bonchev–Trinajstić information content (AvgIpc) is 2.23. The topological polar surface area (TPSA) is 55.4 Å². The molecule has 5 nitrogen and oxygen atoms in total. The van der Waals surface area contributed by atoms with Crippen LogP contribution in [0, 0.1) is 0 Å². The Kier molecular flexibility index (Phi) is 5.88. The maximum atomic E-state index is 11.6. The van der Waals surface area contributed by atoms with E-state index in [0.29, 0.717) is 10.1 Å². The smallest absolute Gasteiger partial charge is 0.361 e. The maximum Gasteiger partial charge on any atom is 0.361 e. The van der Waals surface area contributed by atoms with E-state index in [1.807, 2.05) is 21.0 Å². The van der Waals surface area contributed by atoms with Gasteiger partial charge >= 0.3 is 5.97 Å². The van der Waals surface area contributed by atoms with Gasteiger partial charge in [0.1, 0.15) is 0 Å². The van der Waals surface area contributed by atoms with Gasteiger partial charge < -0.3 is 10.1 Å². The van der Waals surface area contributed by atoms with Crippen LogP contribution in [0.2, 0.25) is 0 Å². The fourth-order valence-corrected chi connectivity index (χ4v) is 1.55. The summed E-state index contributed by atoms with van der Waals surface area (Å²) in [5.74, 6) is -0.481. The van der Waals surface area contributed by atoms with Gasteiger partial charge in [0.25, 0.3) is 5.91 Å². The predicted molar refractivity (Wildman–Crippen MR) is 66.0 cm³/mol. The Morgan fingerprint density at radius 2 is 1.94 bits per heavy atom. The van der Waals surface area contributed by atoms with E-state index < -0.39 is 0 Å². The van der Waals surface area contributed by atoms with Gasteiger partial charge in [0.15, 0.2) is 12.7 Å². The predicted octanol–water partition coefficient (Wildman–Crippen LogP) is 0.664. The highest BCUT2D eigenvalue weighted by molar-refractivity contribution is 5.92. The fraction of sp³-hybridized carbons (Fsp3) is 0.667. The molecule has 0 radical (unpaired) electrons. The highest BCUT2D eigenvalue weighted by atomic mass is 16.5. The largest absolute Gasteiger partial charge is 0.465 e. The molecule has 0 saturated heterocycles. The number of rotatable bonds is 6. The molecular weight excluding hydrogens is 220 g/mol. The van der Waals surface area contributed by atoms with Crippen molar-refractivity contribution in [1.82, 2.24) is 5.32 Å². The zero-order valence-electron chi connectivity index (χ0n) is 11.4. The van der Waals surface area contributed by atoms with Crippen LogP contribution in [-0.2, 0) is 14.3 Å². The second-order valence-corrected chi connectivity index (χ2v) is 4.69. The molecule has 0 aliphatic carbocycles. The van der Waals surface area contributed by atoms with E-state index in [1.165, 1.54) is 7.11 Å². The minimum absolute atomic E-state index is 0.140. The Morgan fingerprint density at radius 3 is 2.29 bits per heavy atom. The van der Waals surface area contributed by atoms with Crippen LogP contribution in [0.15, 0.2) is 12.2 Å². The number of quaternary nitrogens is 1. The lowest BCUT2D eigenvalue weighted by atomic mass is 10.2. The molecule has 1 unspecified atom stereocenters. The van der Waals surface area contributed by atoms with Crippen LogP contribution in [0.5, 0.6) is 0 Å². The van der Waals surface area contributed by atoms with E-state index in [4.69, 9.17) is 0 Å². The van der Waals surface area contributed by atoms with Crippen molar-refractivity contribution in [3.8, 4) is 0 Å². The summed E-state index contributed by atoms with van der Waals surface area (Å²) in [5, 5.41) is 2.86. The molecule has 0 aromatic carbocycles. The second kappa shape index (κ2) is 6.39. The van der Waals surface area contributed by atoms with Gasteiger partial charge in [0, 0.05) is 12.0 Å². The van der Waals surface area contributed by atoms with Crippen LogP contribution in [0.3, 0.4) is 0 Å². The third-order valence-corrected chi connectivity index (χ3v) is 2.68. The van der Waals surface area contributed by atoms with E-state index in [0.717, 1.165) is 6.42 Å². The summed E-state index contributed by atoms with van der Waals surface area (Å²) in [7, 11) is 5.11.